The third-order valence-electron chi connectivity index (χ3n) is 3.39. The van der Waals surface area contributed by atoms with E-state index in [1.165, 1.54) is 11.1 Å². The highest BCUT2D eigenvalue weighted by molar-refractivity contribution is 7.99. The molecular weight excluding hydrogens is 282 g/mol. The average Bonchev–Trinajstić information content (AvgIpc) is 2.96. The number of amides is 2. The Labute approximate surface area is 128 Å². The maximum atomic E-state index is 12.1. The number of thioether (sulfide) groups is 1. The predicted octanol–water partition coefficient (Wildman–Crippen LogP) is 2.90. The van der Waals surface area contributed by atoms with E-state index in [4.69, 9.17) is 0 Å². The molecule has 2 heterocycles. The predicted molar refractivity (Wildman–Crippen MR) is 84.0 cm³/mol. The summed E-state index contributed by atoms with van der Waals surface area (Å²) >= 11 is 1.65. The number of hydrogen-bond acceptors (Lipinski definition) is 3. The van der Waals surface area contributed by atoms with Gasteiger partial charge in [0.05, 0.1) is 5.03 Å². The number of benzene rings is 1. The van der Waals surface area contributed by atoms with E-state index in [0.29, 0.717) is 19.6 Å². The molecule has 1 aliphatic heterocycles. The van der Waals surface area contributed by atoms with E-state index in [-0.39, 0.29) is 6.03 Å². The largest absolute Gasteiger partial charge is 0.337 e. The summed E-state index contributed by atoms with van der Waals surface area (Å²) in [5.41, 5.74) is 2.49. The van der Waals surface area contributed by atoms with Gasteiger partial charge in [-0.1, -0.05) is 30.3 Å². The first-order valence-corrected chi connectivity index (χ1v) is 7.95. The molecule has 21 heavy (non-hydrogen) atoms. The highest BCUT2D eigenvalue weighted by Crippen LogP contribution is 2.22. The number of nitrogens with zero attached hydrogens (tertiary/aromatic N) is 2. The van der Waals surface area contributed by atoms with Crippen LogP contribution in [0.2, 0.25) is 0 Å². The Balaban J connectivity index is 1.42. The van der Waals surface area contributed by atoms with Crippen molar-refractivity contribution in [3.8, 4) is 0 Å². The monoisotopic (exact) mass is 299 g/mol. The van der Waals surface area contributed by atoms with Crippen molar-refractivity contribution in [1.82, 2.24) is 15.2 Å². The van der Waals surface area contributed by atoms with Crippen molar-refractivity contribution in [2.24, 2.45) is 0 Å². The van der Waals surface area contributed by atoms with E-state index in [1.54, 1.807) is 18.0 Å². The molecule has 1 aliphatic rings. The molecular formula is C16H17N3OS. The molecule has 5 heteroatoms. The molecule has 2 aromatic rings. The standard InChI is InChI=1S/C16H17N3OS/c20-16(18-9-10-21-15-7-3-4-8-17-15)19-11-13-5-1-2-6-14(13)12-19/h1-8H,9-12H2,(H,18,20). The van der Waals surface area contributed by atoms with Crippen LogP contribution in [0.15, 0.2) is 53.7 Å². The maximum Gasteiger partial charge on any atom is 0.318 e. The lowest BCUT2D eigenvalue weighted by molar-refractivity contribution is 0.199. The third-order valence-corrected chi connectivity index (χ3v) is 4.34. The van der Waals surface area contributed by atoms with Crippen molar-refractivity contribution in [3.63, 3.8) is 0 Å². The van der Waals surface area contributed by atoms with Crippen molar-refractivity contribution in [1.29, 1.82) is 0 Å². The molecule has 1 N–H and O–H groups in total. The average molecular weight is 299 g/mol. The van der Waals surface area contributed by atoms with E-state index >= 15 is 0 Å². The second-order valence-electron chi connectivity index (χ2n) is 4.87. The molecule has 0 saturated carbocycles. The molecule has 0 saturated heterocycles. The van der Waals surface area contributed by atoms with Gasteiger partial charge in [-0.2, -0.15) is 0 Å². The summed E-state index contributed by atoms with van der Waals surface area (Å²) in [6, 6.07) is 14.1. The Hall–Kier alpha value is -2.01. The van der Waals surface area contributed by atoms with Gasteiger partial charge in [0, 0.05) is 31.6 Å². The summed E-state index contributed by atoms with van der Waals surface area (Å²) in [6.45, 7) is 2.05. The van der Waals surface area contributed by atoms with Crippen LogP contribution < -0.4 is 5.32 Å². The van der Waals surface area contributed by atoms with Crippen molar-refractivity contribution >= 4 is 17.8 Å². The quantitative estimate of drug-likeness (QED) is 0.697. The molecule has 0 bridgehead atoms. The summed E-state index contributed by atoms with van der Waals surface area (Å²) in [5, 5.41) is 3.95. The highest BCUT2D eigenvalue weighted by atomic mass is 32.2. The SMILES string of the molecule is O=C(NCCSc1ccccn1)N1Cc2ccccc2C1. The Kier molecular flexibility index (Phi) is 4.40. The maximum absolute atomic E-state index is 12.1. The summed E-state index contributed by atoms with van der Waals surface area (Å²) in [7, 11) is 0. The highest BCUT2D eigenvalue weighted by Gasteiger charge is 2.22. The van der Waals surface area contributed by atoms with Crippen LogP contribution in [0.3, 0.4) is 0 Å². The summed E-state index contributed by atoms with van der Waals surface area (Å²) in [4.78, 5) is 18.2. The lowest BCUT2D eigenvalue weighted by Gasteiger charge is -2.16. The van der Waals surface area contributed by atoms with E-state index in [0.717, 1.165) is 10.8 Å². The Morgan fingerprint density at radius 3 is 2.52 bits per heavy atom. The van der Waals surface area contributed by atoms with Gasteiger partial charge in [-0.3, -0.25) is 0 Å². The first-order valence-electron chi connectivity index (χ1n) is 6.96. The Bertz CT molecular complexity index is 593. The number of aromatic nitrogens is 1. The van der Waals surface area contributed by atoms with E-state index in [2.05, 4.69) is 22.4 Å². The number of carbonyl (C=O) groups excluding carboxylic acids is 1. The molecule has 4 nitrogen and oxygen atoms in total. The summed E-state index contributed by atoms with van der Waals surface area (Å²) in [6.07, 6.45) is 1.78. The van der Waals surface area contributed by atoms with Crippen LogP contribution in [0.5, 0.6) is 0 Å². The van der Waals surface area contributed by atoms with Crippen molar-refractivity contribution in [2.45, 2.75) is 18.1 Å². The minimum atomic E-state index is 0.00724. The van der Waals surface area contributed by atoms with Crippen LogP contribution in [0.1, 0.15) is 11.1 Å². The molecule has 0 radical (unpaired) electrons. The van der Waals surface area contributed by atoms with Crippen LogP contribution >= 0.6 is 11.8 Å². The Morgan fingerprint density at radius 2 is 1.86 bits per heavy atom. The van der Waals surface area contributed by atoms with Gasteiger partial charge < -0.3 is 10.2 Å². The van der Waals surface area contributed by atoms with E-state index < -0.39 is 0 Å². The number of hydrogen-bond donors (Lipinski definition) is 1. The molecule has 2 amide bonds. The third kappa shape index (κ3) is 3.55. The van der Waals surface area contributed by atoms with Gasteiger partial charge in [-0.05, 0) is 23.3 Å². The Morgan fingerprint density at radius 1 is 1.14 bits per heavy atom. The second-order valence-corrected chi connectivity index (χ2v) is 5.99. The molecule has 1 aromatic heterocycles. The number of rotatable bonds is 4. The fourth-order valence-corrected chi connectivity index (χ4v) is 3.06. The van der Waals surface area contributed by atoms with Crippen LogP contribution in [0.25, 0.3) is 0 Å². The molecule has 0 atom stereocenters. The molecule has 1 aromatic carbocycles. The zero-order chi connectivity index (χ0) is 14.5. The van der Waals surface area contributed by atoms with Crippen molar-refractivity contribution < 1.29 is 4.79 Å². The number of carbonyl (C=O) groups is 1. The summed E-state index contributed by atoms with van der Waals surface area (Å²) in [5.74, 6) is 0.823. The minimum Gasteiger partial charge on any atom is -0.337 e. The first-order chi connectivity index (χ1) is 10.3. The summed E-state index contributed by atoms with van der Waals surface area (Å²) < 4.78 is 0. The number of pyridine rings is 1. The van der Waals surface area contributed by atoms with Crippen LogP contribution in [-0.4, -0.2) is 28.2 Å². The molecule has 0 spiro atoms. The van der Waals surface area contributed by atoms with Crippen LogP contribution in [0, 0.1) is 0 Å². The van der Waals surface area contributed by atoms with E-state index in [9.17, 15) is 4.79 Å². The zero-order valence-corrected chi connectivity index (χ0v) is 12.5. The topological polar surface area (TPSA) is 45.2 Å². The fraction of sp³-hybridized carbons (Fsp3) is 0.250. The number of urea groups is 1. The number of nitrogens with one attached hydrogen (secondary N) is 1. The van der Waals surface area contributed by atoms with Crippen molar-refractivity contribution in [3.05, 3.63) is 59.8 Å². The lowest BCUT2D eigenvalue weighted by Crippen LogP contribution is -2.37. The fourth-order valence-electron chi connectivity index (χ4n) is 2.33. The van der Waals surface area contributed by atoms with Gasteiger partial charge in [-0.15, -0.1) is 11.8 Å². The number of fused-ring (bicyclic) bond motifs is 1. The van der Waals surface area contributed by atoms with Gasteiger partial charge in [0.15, 0.2) is 0 Å². The van der Waals surface area contributed by atoms with Gasteiger partial charge in [-0.25, -0.2) is 9.78 Å². The molecule has 0 aliphatic carbocycles. The molecule has 0 unspecified atom stereocenters. The lowest BCUT2D eigenvalue weighted by atomic mass is 10.1. The second kappa shape index (κ2) is 6.63. The van der Waals surface area contributed by atoms with Crippen molar-refractivity contribution in [2.75, 3.05) is 12.3 Å². The molecule has 108 valence electrons. The van der Waals surface area contributed by atoms with Gasteiger partial charge >= 0.3 is 6.03 Å². The first kappa shape index (κ1) is 13.9. The van der Waals surface area contributed by atoms with Gasteiger partial charge in [0.2, 0.25) is 0 Å². The van der Waals surface area contributed by atoms with E-state index in [1.807, 2.05) is 35.2 Å². The zero-order valence-electron chi connectivity index (χ0n) is 11.7. The molecule has 3 rings (SSSR count). The molecule has 0 fully saturated rings. The minimum absolute atomic E-state index is 0.00724. The van der Waals surface area contributed by atoms with Crippen LogP contribution in [0.4, 0.5) is 4.79 Å². The van der Waals surface area contributed by atoms with Gasteiger partial charge in [0.25, 0.3) is 0 Å². The smallest absolute Gasteiger partial charge is 0.318 e. The van der Waals surface area contributed by atoms with Gasteiger partial charge in [0.1, 0.15) is 0 Å². The van der Waals surface area contributed by atoms with Crippen LogP contribution in [-0.2, 0) is 13.1 Å². The normalized spacial score (nSPS) is 13.0.